The monoisotopic (exact) mass is 354 g/mol. The summed E-state index contributed by atoms with van der Waals surface area (Å²) in [4.78, 5) is 0. The van der Waals surface area contributed by atoms with E-state index >= 15 is 0 Å². The highest BCUT2D eigenvalue weighted by Crippen LogP contribution is 2.13. The maximum Gasteiger partial charge on any atom is 0.0665 e. The summed E-state index contributed by atoms with van der Waals surface area (Å²) in [6.07, 6.45) is 1.93. The van der Waals surface area contributed by atoms with Gasteiger partial charge in [0.15, 0.2) is 0 Å². The predicted molar refractivity (Wildman–Crippen MR) is 57.6 cm³/mol. The molecule has 0 saturated heterocycles. The molecule has 2 unspecified atom stereocenters. The molecule has 0 spiro atoms. The van der Waals surface area contributed by atoms with Gasteiger partial charge in [0.05, 0.1) is 6.10 Å². The fourth-order valence-electron chi connectivity index (χ4n) is 0.579. The van der Waals surface area contributed by atoms with Crippen molar-refractivity contribution >= 4 is 45.2 Å². The van der Waals surface area contributed by atoms with Gasteiger partial charge in [0.1, 0.15) is 0 Å². The third-order valence-corrected chi connectivity index (χ3v) is 5.05. The number of halogens is 2. The molecule has 0 aliphatic carbocycles. The van der Waals surface area contributed by atoms with E-state index in [0.717, 1.165) is 17.3 Å². The second kappa shape index (κ2) is 6.15. The van der Waals surface area contributed by atoms with Crippen LogP contribution in [0.2, 0.25) is 0 Å². The van der Waals surface area contributed by atoms with E-state index in [4.69, 9.17) is 0 Å². The summed E-state index contributed by atoms with van der Waals surface area (Å²) in [5.41, 5.74) is 0. The zero-order valence-electron chi connectivity index (χ0n) is 5.48. The Morgan fingerprint density at radius 1 is 1.56 bits per heavy atom. The third kappa shape index (κ3) is 4.78. The summed E-state index contributed by atoms with van der Waals surface area (Å²) in [5, 5.41) is 9.31. The van der Waals surface area contributed by atoms with E-state index in [1.54, 1.807) is 0 Å². The summed E-state index contributed by atoms with van der Waals surface area (Å²) in [5.74, 6) is 0. The van der Waals surface area contributed by atoms with E-state index in [-0.39, 0.29) is 6.10 Å². The largest absolute Gasteiger partial charge is 0.392 e. The molecule has 0 radical (unpaired) electrons. The van der Waals surface area contributed by atoms with Gasteiger partial charge in [0.2, 0.25) is 0 Å². The van der Waals surface area contributed by atoms with E-state index in [0.29, 0.717) is 3.92 Å². The Balaban J connectivity index is 3.32. The molecule has 0 aromatic heterocycles. The highest BCUT2D eigenvalue weighted by molar-refractivity contribution is 14.1. The van der Waals surface area contributed by atoms with Gasteiger partial charge in [-0.05, 0) is 6.42 Å². The zero-order chi connectivity index (χ0) is 7.28. The topological polar surface area (TPSA) is 20.2 Å². The lowest BCUT2D eigenvalue weighted by molar-refractivity contribution is 0.171. The summed E-state index contributed by atoms with van der Waals surface area (Å²) in [7, 11) is 0. The Bertz CT molecular complexity index is 68.1. The minimum Gasteiger partial charge on any atom is -0.392 e. The van der Waals surface area contributed by atoms with Crippen molar-refractivity contribution in [3.63, 3.8) is 0 Å². The molecule has 0 heterocycles. The first-order valence-electron chi connectivity index (χ1n) is 3.10. The quantitative estimate of drug-likeness (QED) is 0.607. The SMILES string of the molecule is CCCC(O)C(I)CI. The van der Waals surface area contributed by atoms with Crippen LogP contribution in [0.4, 0.5) is 0 Å². The zero-order valence-corrected chi connectivity index (χ0v) is 9.79. The maximum absolute atomic E-state index is 9.31. The minimum atomic E-state index is -0.0903. The van der Waals surface area contributed by atoms with E-state index in [1.807, 2.05) is 0 Å². The Kier molecular flexibility index (Phi) is 7.12. The lowest BCUT2D eigenvalue weighted by Crippen LogP contribution is -2.20. The van der Waals surface area contributed by atoms with E-state index in [1.165, 1.54) is 0 Å². The Labute approximate surface area is 83.9 Å². The molecule has 3 heteroatoms. The molecule has 0 saturated carbocycles. The van der Waals surface area contributed by atoms with Crippen molar-refractivity contribution in [3.8, 4) is 0 Å². The van der Waals surface area contributed by atoms with E-state index in [2.05, 4.69) is 52.1 Å². The first-order valence-corrected chi connectivity index (χ1v) is 5.87. The van der Waals surface area contributed by atoms with Crippen LogP contribution >= 0.6 is 45.2 Å². The van der Waals surface area contributed by atoms with Crippen LogP contribution in [0.15, 0.2) is 0 Å². The number of rotatable bonds is 4. The lowest BCUT2D eigenvalue weighted by atomic mass is 10.2. The van der Waals surface area contributed by atoms with Crippen LogP contribution in [0.25, 0.3) is 0 Å². The fraction of sp³-hybridized carbons (Fsp3) is 1.00. The molecular weight excluding hydrogens is 342 g/mol. The number of alkyl halides is 2. The van der Waals surface area contributed by atoms with Gasteiger partial charge in [-0.2, -0.15) is 0 Å². The van der Waals surface area contributed by atoms with Crippen molar-refractivity contribution in [1.82, 2.24) is 0 Å². The molecule has 0 rings (SSSR count). The van der Waals surface area contributed by atoms with Crippen LogP contribution in [-0.4, -0.2) is 19.6 Å². The average Bonchev–Trinajstić information content (AvgIpc) is 1.87. The molecule has 1 nitrogen and oxygen atoms in total. The number of hydrogen-bond acceptors (Lipinski definition) is 1. The van der Waals surface area contributed by atoms with Crippen molar-refractivity contribution in [3.05, 3.63) is 0 Å². The number of aliphatic hydroxyl groups is 1. The van der Waals surface area contributed by atoms with Gasteiger partial charge in [-0.3, -0.25) is 0 Å². The summed E-state index contributed by atoms with van der Waals surface area (Å²) in [6.45, 7) is 2.10. The van der Waals surface area contributed by atoms with Crippen LogP contribution < -0.4 is 0 Å². The fourth-order valence-corrected chi connectivity index (χ4v) is 1.53. The standard InChI is InChI=1S/C6H12I2O/c1-2-3-6(9)5(8)4-7/h5-6,9H,2-4H2,1H3. The number of aliphatic hydroxyl groups excluding tert-OH is 1. The van der Waals surface area contributed by atoms with Gasteiger partial charge < -0.3 is 5.11 Å². The van der Waals surface area contributed by atoms with Crippen molar-refractivity contribution < 1.29 is 5.11 Å². The van der Waals surface area contributed by atoms with Gasteiger partial charge in [-0.25, -0.2) is 0 Å². The van der Waals surface area contributed by atoms with Gasteiger partial charge in [-0.15, -0.1) is 0 Å². The molecule has 0 fully saturated rings. The molecule has 9 heavy (non-hydrogen) atoms. The normalized spacial score (nSPS) is 17.3. The van der Waals surface area contributed by atoms with E-state index in [9.17, 15) is 5.11 Å². The second-order valence-corrected chi connectivity index (χ2v) is 4.51. The molecule has 0 aromatic rings. The molecule has 0 bridgehead atoms. The predicted octanol–water partition coefficient (Wildman–Crippen LogP) is 2.39. The van der Waals surface area contributed by atoms with Gasteiger partial charge >= 0.3 is 0 Å². The van der Waals surface area contributed by atoms with E-state index < -0.39 is 0 Å². The number of hydrogen-bond donors (Lipinski definition) is 1. The molecular formula is C6H12I2O. The van der Waals surface area contributed by atoms with Gasteiger partial charge in [0, 0.05) is 8.35 Å². The van der Waals surface area contributed by atoms with Gasteiger partial charge in [0.25, 0.3) is 0 Å². The van der Waals surface area contributed by atoms with Gasteiger partial charge in [-0.1, -0.05) is 58.5 Å². The van der Waals surface area contributed by atoms with Crippen molar-refractivity contribution in [1.29, 1.82) is 0 Å². The maximum atomic E-state index is 9.31. The first kappa shape index (κ1) is 10.4. The second-order valence-electron chi connectivity index (χ2n) is 2.03. The van der Waals surface area contributed by atoms with Crippen LogP contribution in [0.5, 0.6) is 0 Å². The van der Waals surface area contributed by atoms with Crippen molar-refractivity contribution in [2.75, 3.05) is 4.43 Å². The summed E-state index contributed by atoms with van der Waals surface area (Å²) in [6, 6.07) is 0. The van der Waals surface area contributed by atoms with Crippen LogP contribution in [0.3, 0.4) is 0 Å². The smallest absolute Gasteiger partial charge is 0.0665 e. The highest BCUT2D eigenvalue weighted by atomic mass is 127. The lowest BCUT2D eigenvalue weighted by Gasteiger charge is -2.12. The highest BCUT2D eigenvalue weighted by Gasteiger charge is 2.12. The van der Waals surface area contributed by atoms with Crippen LogP contribution in [-0.2, 0) is 0 Å². The molecule has 0 amide bonds. The summed E-state index contributed by atoms with van der Waals surface area (Å²) < 4.78 is 1.47. The van der Waals surface area contributed by atoms with Crippen molar-refractivity contribution in [2.45, 2.75) is 29.8 Å². The Hall–Kier alpha value is 1.42. The molecule has 1 N–H and O–H groups in total. The molecule has 56 valence electrons. The molecule has 0 aliphatic rings. The molecule has 0 aromatic carbocycles. The summed E-state index contributed by atoms with van der Waals surface area (Å²) >= 11 is 4.60. The Morgan fingerprint density at radius 3 is 2.44 bits per heavy atom. The van der Waals surface area contributed by atoms with Crippen LogP contribution in [0.1, 0.15) is 19.8 Å². The van der Waals surface area contributed by atoms with Crippen LogP contribution in [0, 0.1) is 0 Å². The van der Waals surface area contributed by atoms with Crippen molar-refractivity contribution in [2.24, 2.45) is 0 Å². The minimum absolute atomic E-state index is 0.0903. The average molecular weight is 354 g/mol. The molecule has 2 atom stereocenters. The third-order valence-electron chi connectivity index (χ3n) is 1.15. The molecule has 0 aliphatic heterocycles. The first-order chi connectivity index (χ1) is 4.22. The Morgan fingerprint density at radius 2 is 2.11 bits per heavy atom.